The molecule has 1 aliphatic heterocycles. The van der Waals surface area contributed by atoms with Crippen molar-refractivity contribution in [2.75, 3.05) is 18.6 Å². The largest absolute Gasteiger partial charge is 0.497 e. The number of ether oxygens (including phenoxy) is 1. The third-order valence-electron chi connectivity index (χ3n) is 3.87. The summed E-state index contributed by atoms with van der Waals surface area (Å²) in [5.74, 6) is 0.526. The molecule has 2 aromatic carbocycles. The van der Waals surface area contributed by atoms with E-state index in [1.165, 1.54) is 12.1 Å². The van der Waals surface area contributed by atoms with Gasteiger partial charge in [0.05, 0.1) is 12.0 Å². The van der Waals surface area contributed by atoms with E-state index in [0.717, 1.165) is 0 Å². The Morgan fingerprint density at radius 1 is 1.12 bits per heavy atom. The highest BCUT2D eigenvalue weighted by atomic mass is 32.2. The van der Waals surface area contributed by atoms with Crippen molar-refractivity contribution < 1.29 is 17.9 Å². The summed E-state index contributed by atoms with van der Waals surface area (Å²) in [5.41, 5.74) is 0.695. The van der Waals surface area contributed by atoms with Crippen molar-refractivity contribution in [2.45, 2.75) is 17.4 Å². The van der Waals surface area contributed by atoms with Gasteiger partial charge in [-0.25, -0.2) is 13.1 Å². The fourth-order valence-electron chi connectivity index (χ4n) is 2.70. The smallest absolute Gasteiger partial charge is 0.240 e. The first kappa shape index (κ1) is 16.5. The predicted molar refractivity (Wildman–Crippen MR) is 90.5 cm³/mol. The van der Waals surface area contributed by atoms with Crippen LogP contribution in [-0.4, -0.2) is 34.0 Å². The number of amides is 1. The topological polar surface area (TPSA) is 75.7 Å². The highest BCUT2D eigenvalue weighted by Crippen LogP contribution is 2.26. The van der Waals surface area contributed by atoms with Gasteiger partial charge in [-0.1, -0.05) is 24.3 Å². The normalized spacial score (nSPS) is 18.0. The first-order valence-electron chi connectivity index (χ1n) is 7.51. The van der Waals surface area contributed by atoms with Gasteiger partial charge >= 0.3 is 0 Å². The van der Waals surface area contributed by atoms with Gasteiger partial charge in [-0.2, -0.15) is 0 Å². The van der Waals surface area contributed by atoms with E-state index in [-0.39, 0.29) is 23.8 Å². The van der Waals surface area contributed by atoms with Crippen LogP contribution in [0.2, 0.25) is 0 Å². The van der Waals surface area contributed by atoms with Crippen LogP contribution in [0.25, 0.3) is 0 Å². The number of benzene rings is 2. The van der Waals surface area contributed by atoms with Gasteiger partial charge in [0.2, 0.25) is 15.9 Å². The molecule has 7 heteroatoms. The highest BCUT2D eigenvalue weighted by molar-refractivity contribution is 7.89. The molecule has 1 aliphatic rings. The predicted octanol–water partition coefficient (Wildman–Crippen LogP) is 1.78. The van der Waals surface area contributed by atoms with Crippen LogP contribution in [0.4, 0.5) is 5.69 Å². The maximum atomic E-state index is 12.4. The lowest BCUT2D eigenvalue weighted by molar-refractivity contribution is -0.117. The van der Waals surface area contributed by atoms with E-state index in [0.29, 0.717) is 11.4 Å². The molecule has 24 heavy (non-hydrogen) atoms. The van der Waals surface area contributed by atoms with Crippen molar-refractivity contribution in [1.82, 2.24) is 4.72 Å². The van der Waals surface area contributed by atoms with E-state index in [1.807, 2.05) is 0 Å². The van der Waals surface area contributed by atoms with E-state index >= 15 is 0 Å². The van der Waals surface area contributed by atoms with Crippen molar-refractivity contribution in [1.29, 1.82) is 0 Å². The maximum Gasteiger partial charge on any atom is 0.240 e. The van der Waals surface area contributed by atoms with E-state index in [9.17, 15) is 13.2 Å². The molecule has 0 spiro atoms. The average Bonchev–Trinajstić information content (AvgIpc) is 2.95. The minimum absolute atomic E-state index is 0.121. The molecule has 0 aromatic heterocycles. The molecule has 1 amide bonds. The second-order valence-electron chi connectivity index (χ2n) is 5.54. The number of carbonyl (C=O) groups is 1. The molecule has 1 heterocycles. The van der Waals surface area contributed by atoms with Gasteiger partial charge in [-0.05, 0) is 24.3 Å². The lowest BCUT2D eigenvalue weighted by Gasteiger charge is -2.18. The van der Waals surface area contributed by atoms with Crippen molar-refractivity contribution in [2.24, 2.45) is 0 Å². The Kier molecular flexibility index (Phi) is 4.55. The van der Waals surface area contributed by atoms with Crippen molar-refractivity contribution >= 4 is 21.6 Å². The number of nitrogens with one attached hydrogen (secondary N) is 1. The minimum Gasteiger partial charge on any atom is -0.497 e. The molecule has 6 nitrogen and oxygen atoms in total. The molecule has 1 saturated heterocycles. The summed E-state index contributed by atoms with van der Waals surface area (Å²) in [7, 11) is -2.08. The van der Waals surface area contributed by atoms with Gasteiger partial charge < -0.3 is 9.64 Å². The molecular formula is C17H18N2O4S. The minimum atomic E-state index is -3.64. The van der Waals surface area contributed by atoms with Crippen LogP contribution < -0.4 is 14.4 Å². The zero-order valence-electron chi connectivity index (χ0n) is 13.2. The van der Waals surface area contributed by atoms with E-state index in [1.54, 1.807) is 54.5 Å². The summed E-state index contributed by atoms with van der Waals surface area (Å²) >= 11 is 0. The molecule has 126 valence electrons. The third kappa shape index (κ3) is 3.42. The number of rotatable bonds is 5. The average molecular weight is 346 g/mol. The SMILES string of the molecule is COc1cccc(N2CC(NS(=O)(=O)c3ccccc3)CC2=O)c1. The Hall–Kier alpha value is -2.38. The van der Waals surface area contributed by atoms with Crippen molar-refractivity contribution in [3.8, 4) is 5.75 Å². The molecule has 3 rings (SSSR count). The highest BCUT2D eigenvalue weighted by Gasteiger charge is 2.33. The van der Waals surface area contributed by atoms with Crippen LogP contribution >= 0.6 is 0 Å². The zero-order chi connectivity index (χ0) is 17.2. The summed E-state index contributed by atoms with van der Waals surface area (Å²) in [6.07, 6.45) is 0.128. The maximum absolute atomic E-state index is 12.4. The van der Waals surface area contributed by atoms with E-state index in [4.69, 9.17) is 4.74 Å². The molecule has 0 radical (unpaired) electrons. The van der Waals surface area contributed by atoms with Gasteiger partial charge in [0, 0.05) is 30.8 Å². The molecule has 1 N–H and O–H groups in total. The fourth-order valence-corrected chi connectivity index (χ4v) is 3.95. The molecule has 0 bridgehead atoms. The Morgan fingerprint density at radius 2 is 1.88 bits per heavy atom. The molecule has 1 unspecified atom stereocenters. The monoisotopic (exact) mass is 346 g/mol. The number of nitrogens with zero attached hydrogens (tertiary/aromatic N) is 1. The number of hydrogen-bond acceptors (Lipinski definition) is 4. The van der Waals surface area contributed by atoms with Crippen molar-refractivity contribution in [3.63, 3.8) is 0 Å². The Balaban J connectivity index is 1.75. The second kappa shape index (κ2) is 6.62. The fraction of sp³-hybridized carbons (Fsp3) is 0.235. The van der Waals surface area contributed by atoms with Gasteiger partial charge in [-0.15, -0.1) is 0 Å². The molecule has 0 saturated carbocycles. The summed E-state index contributed by atoms with van der Waals surface area (Å²) in [4.78, 5) is 14.0. The van der Waals surface area contributed by atoms with Crippen LogP contribution in [0, 0.1) is 0 Å². The lowest BCUT2D eigenvalue weighted by atomic mass is 10.3. The van der Waals surface area contributed by atoms with Crippen LogP contribution in [0.5, 0.6) is 5.75 Å². The van der Waals surface area contributed by atoms with Gasteiger partial charge in [-0.3, -0.25) is 4.79 Å². The summed E-state index contributed by atoms with van der Waals surface area (Å²) < 4.78 is 32.5. The number of anilines is 1. The molecule has 1 atom stereocenters. The standard InChI is InChI=1S/C17H18N2O4S/c1-23-15-7-5-6-14(11-15)19-12-13(10-17(19)20)18-24(21,22)16-8-3-2-4-9-16/h2-9,11,13,18H,10,12H2,1H3. The van der Waals surface area contributed by atoms with Crippen molar-refractivity contribution in [3.05, 3.63) is 54.6 Å². The lowest BCUT2D eigenvalue weighted by Crippen LogP contribution is -2.37. The third-order valence-corrected chi connectivity index (χ3v) is 5.40. The molecule has 1 fully saturated rings. The van der Waals surface area contributed by atoms with Crippen LogP contribution in [0.3, 0.4) is 0 Å². The number of hydrogen-bond donors (Lipinski definition) is 1. The second-order valence-corrected chi connectivity index (χ2v) is 7.26. The number of sulfonamides is 1. The first-order chi connectivity index (χ1) is 11.5. The molecule has 2 aromatic rings. The molecular weight excluding hydrogens is 328 g/mol. The van der Waals surface area contributed by atoms with Gasteiger partial charge in [0.25, 0.3) is 0 Å². The Bertz CT molecular complexity index is 837. The van der Waals surface area contributed by atoms with Crippen LogP contribution in [-0.2, 0) is 14.8 Å². The Morgan fingerprint density at radius 3 is 2.58 bits per heavy atom. The number of carbonyl (C=O) groups excluding carboxylic acids is 1. The van der Waals surface area contributed by atoms with E-state index in [2.05, 4.69) is 4.72 Å². The van der Waals surface area contributed by atoms with E-state index < -0.39 is 16.1 Å². The summed E-state index contributed by atoms with van der Waals surface area (Å²) in [5, 5.41) is 0. The zero-order valence-corrected chi connectivity index (χ0v) is 14.0. The number of methoxy groups -OCH3 is 1. The quantitative estimate of drug-likeness (QED) is 0.895. The molecule has 0 aliphatic carbocycles. The Labute approximate surface area is 141 Å². The van der Waals surface area contributed by atoms with Gasteiger partial charge in [0.15, 0.2) is 0 Å². The summed E-state index contributed by atoms with van der Waals surface area (Å²) in [6.45, 7) is 0.290. The first-order valence-corrected chi connectivity index (χ1v) is 9.00. The van der Waals surface area contributed by atoms with Gasteiger partial charge in [0.1, 0.15) is 5.75 Å². The van der Waals surface area contributed by atoms with Crippen LogP contribution in [0.1, 0.15) is 6.42 Å². The summed E-state index contributed by atoms with van der Waals surface area (Å²) in [6, 6.07) is 14.8. The van der Waals surface area contributed by atoms with Crippen LogP contribution in [0.15, 0.2) is 59.5 Å².